The van der Waals surface area contributed by atoms with Gasteiger partial charge in [0.15, 0.2) is 0 Å². The molecule has 1 aliphatic carbocycles. The van der Waals surface area contributed by atoms with E-state index >= 15 is 0 Å². The average Bonchev–Trinajstić information content (AvgIpc) is 3.18. The number of esters is 1. The monoisotopic (exact) mass is 803 g/mol. The second-order valence-electron chi connectivity index (χ2n) is 17.3. The van der Waals surface area contributed by atoms with Crippen LogP contribution >= 0.6 is 0 Å². The molecule has 1 amide bonds. The minimum atomic E-state index is -2.51. The SMILES string of the molecule is C=CCC1/C=C(\C)C[C@H](C)C[C@H](OC)[C@H]2O[C@@](O)(C(=O)C(=O)N3CCCC[C@H]3C(=O)O[C@H](/C(C)=C/[C@@H]3CC[C@@H](O)[C@H](OC)C3)[C@H](C)[C@@H](O)CC1=O)[C@H](C)C[C@@H]2OC. The Morgan fingerprint density at radius 1 is 0.930 bits per heavy atom. The van der Waals surface area contributed by atoms with E-state index in [1.807, 2.05) is 32.9 Å². The van der Waals surface area contributed by atoms with Gasteiger partial charge in [-0.1, -0.05) is 44.6 Å². The van der Waals surface area contributed by atoms with E-state index in [0.717, 1.165) is 5.57 Å². The largest absolute Gasteiger partial charge is 0.456 e. The lowest BCUT2D eigenvalue weighted by atomic mass is 9.81. The number of carbonyl (C=O) groups is 4. The van der Waals surface area contributed by atoms with Crippen molar-refractivity contribution in [1.29, 1.82) is 0 Å². The number of nitrogens with zero attached hydrogens (tertiary/aromatic N) is 1. The van der Waals surface area contributed by atoms with Gasteiger partial charge in [-0.3, -0.25) is 14.4 Å². The molecule has 3 aliphatic heterocycles. The van der Waals surface area contributed by atoms with Gasteiger partial charge < -0.3 is 43.9 Å². The first-order valence-electron chi connectivity index (χ1n) is 20.9. The van der Waals surface area contributed by atoms with Crippen molar-refractivity contribution >= 4 is 23.4 Å². The van der Waals surface area contributed by atoms with Crippen molar-refractivity contribution in [1.82, 2.24) is 4.90 Å². The van der Waals surface area contributed by atoms with Crippen LogP contribution in [0.3, 0.4) is 0 Å². The van der Waals surface area contributed by atoms with Crippen molar-refractivity contribution in [2.75, 3.05) is 27.9 Å². The molecule has 0 spiro atoms. The Kier molecular flexibility index (Phi) is 17.2. The van der Waals surface area contributed by atoms with Crippen LogP contribution in [0.15, 0.2) is 36.0 Å². The molecule has 4 aliphatic rings. The third-order valence-electron chi connectivity index (χ3n) is 12.9. The van der Waals surface area contributed by atoms with Crippen molar-refractivity contribution < 1.29 is 58.2 Å². The van der Waals surface area contributed by atoms with Crippen LogP contribution in [0.25, 0.3) is 0 Å². The van der Waals surface area contributed by atoms with Gasteiger partial charge in [0.1, 0.15) is 24.0 Å². The number of Topliss-reactive ketones (excluding diaryl/α,β-unsaturated/α-hetero) is 2. The lowest BCUT2D eigenvalue weighted by Crippen LogP contribution is -2.64. The number of methoxy groups -OCH3 is 3. The summed E-state index contributed by atoms with van der Waals surface area (Å²) in [6, 6.07) is -1.14. The highest BCUT2D eigenvalue weighted by atomic mass is 16.7. The molecule has 4 rings (SSSR count). The first-order valence-corrected chi connectivity index (χ1v) is 20.9. The highest BCUT2D eigenvalue weighted by Crippen LogP contribution is 2.39. The summed E-state index contributed by atoms with van der Waals surface area (Å²) in [4.78, 5) is 57.8. The fourth-order valence-electron chi connectivity index (χ4n) is 9.42. The number of cyclic esters (lactones) is 1. The van der Waals surface area contributed by atoms with E-state index in [2.05, 4.69) is 6.58 Å². The summed E-state index contributed by atoms with van der Waals surface area (Å²) in [6.45, 7) is 13.1. The molecule has 3 N–H and O–H groups in total. The van der Waals surface area contributed by atoms with Crippen LogP contribution in [0.2, 0.25) is 0 Å². The zero-order valence-electron chi connectivity index (χ0n) is 35.4. The number of ketones is 2. The predicted octanol–water partition coefficient (Wildman–Crippen LogP) is 4.64. The molecule has 2 bridgehead atoms. The van der Waals surface area contributed by atoms with Gasteiger partial charge in [-0.15, -0.1) is 6.58 Å². The van der Waals surface area contributed by atoms with Gasteiger partial charge in [0.05, 0.1) is 30.5 Å². The normalized spacial score (nSPS) is 41.0. The Labute approximate surface area is 339 Å². The standard InChI is InChI=1S/C44H69NO12/c1-10-13-31-19-25(2)18-26(3)20-37(54-8)40-38(55-9)22-28(5)44(52,57-40)41(49)42(50)45-17-12-11-14-32(45)43(51)56-39(29(6)34(47)24-35(31)48)27(4)21-30-15-16-33(46)36(23-30)53-7/h10,19,21,26,28-34,36-40,46-47,52H,1,11-18,20,22-24H2,2-9H3/b25-19+,27-21+/t26-,28+,29+,30-,31?,32-,33+,34-,36+,37-,38-,39+,40+,44+/m0/s1. The number of fused-ring (bicyclic) bond motifs is 3. The second kappa shape index (κ2) is 21.0. The lowest BCUT2D eigenvalue weighted by Gasteiger charge is -2.47. The van der Waals surface area contributed by atoms with Crippen molar-refractivity contribution in [3.05, 3.63) is 36.0 Å². The summed E-state index contributed by atoms with van der Waals surface area (Å²) in [5, 5.41) is 34.1. The molecule has 13 heteroatoms. The zero-order chi connectivity index (χ0) is 42.2. The van der Waals surface area contributed by atoms with E-state index < -0.39 is 83.9 Å². The number of hydrogen-bond acceptors (Lipinski definition) is 12. The Hall–Kier alpha value is -2.78. The van der Waals surface area contributed by atoms with Crippen molar-refractivity contribution in [3.63, 3.8) is 0 Å². The number of allylic oxidation sites excluding steroid dienone is 4. The maximum Gasteiger partial charge on any atom is 0.329 e. The Bertz CT molecular complexity index is 1480. The van der Waals surface area contributed by atoms with Crippen molar-refractivity contribution in [2.45, 2.75) is 160 Å². The molecule has 0 radical (unpaired) electrons. The summed E-state index contributed by atoms with van der Waals surface area (Å²) in [6.07, 6.45) is 4.93. The first kappa shape index (κ1) is 46.9. The van der Waals surface area contributed by atoms with Crippen LogP contribution in [0, 0.1) is 29.6 Å². The molecule has 57 heavy (non-hydrogen) atoms. The third-order valence-corrected chi connectivity index (χ3v) is 12.9. The number of carbonyl (C=O) groups excluding carboxylic acids is 4. The predicted molar refractivity (Wildman–Crippen MR) is 213 cm³/mol. The van der Waals surface area contributed by atoms with Crippen molar-refractivity contribution in [3.8, 4) is 0 Å². The summed E-state index contributed by atoms with van der Waals surface area (Å²) in [5.41, 5.74) is 1.61. The van der Waals surface area contributed by atoms with Crippen LogP contribution < -0.4 is 0 Å². The van der Waals surface area contributed by atoms with Gasteiger partial charge >= 0.3 is 5.97 Å². The topological polar surface area (TPSA) is 178 Å². The van der Waals surface area contributed by atoms with Crippen LogP contribution in [0.5, 0.6) is 0 Å². The molecule has 14 atom stereocenters. The molecule has 2 saturated heterocycles. The fourth-order valence-corrected chi connectivity index (χ4v) is 9.42. The van der Waals surface area contributed by atoms with E-state index in [9.17, 15) is 34.5 Å². The van der Waals surface area contributed by atoms with E-state index in [1.165, 1.54) is 19.1 Å². The summed E-state index contributed by atoms with van der Waals surface area (Å²) in [7, 11) is 4.61. The second-order valence-corrected chi connectivity index (χ2v) is 17.3. The Balaban J connectivity index is 1.78. The van der Waals surface area contributed by atoms with Gasteiger partial charge in [-0.2, -0.15) is 0 Å². The van der Waals surface area contributed by atoms with E-state index in [-0.39, 0.29) is 49.5 Å². The Morgan fingerprint density at radius 3 is 2.25 bits per heavy atom. The molecule has 1 saturated carbocycles. The highest BCUT2D eigenvalue weighted by Gasteiger charge is 2.56. The third kappa shape index (κ3) is 11.3. The molecular formula is C44H69NO12. The van der Waals surface area contributed by atoms with Gasteiger partial charge in [-0.25, -0.2) is 4.79 Å². The van der Waals surface area contributed by atoms with E-state index in [1.54, 1.807) is 27.0 Å². The summed E-state index contributed by atoms with van der Waals surface area (Å²) < 4.78 is 29.7. The average molecular weight is 804 g/mol. The zero-order valence-corrected chi connectivity index (χ0v) is 35.4. The Morgan fingerprint density at radius 2 is 1.60 bits per heavy atom. The van der Waals surface area contributed by atoms with E-state index in [4.69, 9.17) is 23.7 Å². The number of rotatable bonds is 7. The molecule has 0 aromatic rings. The molecule has 0 aromatic carbocycles. The molecule has 0 aromatic heterocycles. The van der Waals surface area contributed by atoms with Gasteiger partial charge in [0.2, 0.25) is 5.79 Å². The molecule has 13 nitrogen and oxygen atoms in total. The van der Waals surface area contributed by atoms with Crippen LogP contribution in [0.1, 0.15) is 105 Å². The van der Waals surface area contributed by atoms with Gasteiger partial charge in [0.25, 0.3) is 11.7 Å². The minimum absolute atomic E-state index is 0.00988. The lowest BCUT2D eigenvalue weighted by molar-refractivity contribution is -0.302. The van der Waals surface area contributed by atoms with Crippen LogP contribution in [0.4, 0.5) is 0 Å². The summed E-state index contributed by atoms with van der Waals surface area (Å²) in [5.74, 6) is -7.76. The van der Waals surface area contributed by atoms with Crippen LogP contribution in [-0.2, 0) is 42.9 Å². The van der Waals surface area contributed by atoms with E-state index in [0.29, 0.717) is 56.9 Å². The van der Waals surface area contributed by atoms with Gasteiger partial charge in [0, 0.05) is 52.0 Å². The quantitative estimate of drug-likeness (QED) is 0.185. The molecule has 3 heterocycles. The number of piperidine rings is 1. The number of amides is 1. The van der Waals surface area contributed by atoms with Crippen molar-refractivity contribution in [2.24, 2.45) is 29.6 Å². The first-order chi connectivity index (χ1) is 27.0. The number of hydrogen-bond donors (Lipinski definition) is 3. The minimum Gasteiger partial charge on any atom is -0.456 e. The number of aliphatic hydroxyl groups excluding tert-OH is 2. The maximum absolute atomic E-state index is 14.3. The van der Waals surface area contributed by atoms with Gasteiger partial charge in [-0.05, 0) is 95.5 Å². The smallest absolute Gasteiger partial charge is 0.329 e. The van der Waals surface area contributed by atoms with Crippen LogP contribution in [-0.4, -0.2) is 126 Å². The highest BCUT2D eigenvalue weighted by molar-refractivity contribution is 6.39. The number of aliphatic hydroxyl groups is 3. The number of ether oxygens (including phenoxy) is 5. The molecule has 1 unspecified atom stereocenters. The summed E-state index contributed by atoms with van der Waals surface area (Å²) >= 11 is 0. The molecule has 322 valence electrons. The molecular weight excluding hydrogens is 734 g/mol. The molecule has 3 fully saturated rings. The fraction of sp³-hybridized carbons (Fsp3) is 0.773. The maximum atomic E-state index is 14.3.